The Hall–Kier alpha value is -0.990. The van der Waals surface area contributed by atoms with E-state index >= 15 is 0 Å². The number of nitrogens with zero attached hydrogens (tertiary/aromatic N) is 2. The van der Waals surface area contributed by atoms with Crippen LogP contribution in [0.4, 0.5) is 4.39 Å². The monoisotopic (exact) mass is 332 g/mol. The molecular formula is C13H17FN2O3S2. The first kappa shape index (κ1) is 16.4. The summed E-state index contributed by atoms with van der Waals surface area (Å²) in [5.74, 6) is 0.689. The average molecular weight is 332 g/mol. The van der Waals surface area contributed by atoms with E-state index in [-0.39, 0.29) is 17.9 Å². The lowest BCUT2D eigenvalue weighted by atomic mass is 10.2. The number of hydrogen-bond acceptors (Lipinski definition) is 6. The fourth-order valence-corrected chi connectivity index (χ4v) is 5.15. The van der Waals surface area contributed by atoms with E-state index in [0.29, 0.717) is 18.8 Å². The Morgan fingerprint density at radius 3 is 2.90 bits per heavy atom. The number of ketones is 1. The lowest BCUT2D eigenvalue weighted by Crippen LogP contribution is -2.47. The SMILES string of the molecule is CS(=O)(=O)C1CSCCN1CCC(=O)c1ccc(F)cn1. The van der Waals surface area contributed by atoms with Gasteiger partial charge in [0.15, 0.2) is 15.6 Å². The van der Waals surface area contributed by atoms with Gasteiger partial charge >= 0.3 is 0 Å². The molecule has 0 bridgehead atoms. The minimum atomic E-state index is -3.16. The Kier molecular flexibility index (Phi) is 5.34. The van der Waals surface area contributed by atoms with Gasteiger partial charge in [-0.3, -0.25) is 14.7 Å². The summed E-state index contributed by atoms with van der Waals surface area (Å²) in [6.45, 7) is 1.02. The first-order valence-electron chi connectivity index (χ1n) is 6.53. The number of thioether (sulfide) groups is 1. The first-order chi connectivity index (χ1) is 9.88. The van der Waals surface area contributed by atoms with Gasteiger partial charge in [0.25, 0.3) is 0 Å². The maximum atomic E-state index is 12.8. The van der Waals surface area contributed by atoms with Crippen LogP contribution >= 0.6 is 11.8 Å². The van der Waals surface area contributed by atoms with Crippen molar-refractivity contribution in [1.29, 1.82) is 0 Å². The molecule has 1 fully saturated rings. The van der Waals surface area contributed by atoms with Gasteiger partial charge in [-0.25, -0.2) is 12.8 Å². The molecule has 2 heterocycles. The lowest BCUT2D eigenvalue weighted by Gasteiger charge is -2.33. The largest absolute Gasteiger partial charge is 0.292 e. The second-order valence-corrected chi connectivity index (χ2v) is 8.28. The maximum absolute atomic E-state index is 12.8. The predicted molar refractivity (Wildman–Crippen MR) is 80.7 cm³/mol. The standard InChI is InChI=1S/C13H17FN2O3S2/c1-21(18,19)13-9-20-7-6-16(13)5-4-12(17)11-3-2-10(14)8-15-11/h2-3,8,13H,4-7,9H2,1H3. The van der Waals surface area contributed by atoms with Crippen LogP contribution in [0.1, 0.15) is 16.9 Å². The maximum Gasteiger partial charge on any atom is 0.182 e. The summed E-state index contributed by atoms with van der Waals surface area (Å²) < 4.78 is 36.3. The Morgan fingerprint density at radius 2 is 2.29 bits per heavy atom. The number of hydrogen-bond donors (Lipinski definition) is 0. The number of aromatic nitrogens is 1. The topological polar surface area (TPSA) is 67.3 Å². The first-order valence-corrected chi connectivity index (χ1v) is 9.64. The molecule has 1 saturated heterocycles. The second-order valence-electron chi connectivity index (χ2n) is 4.93. The Bertz CT molecular complexity index is 604. The van der Waals surface area contributed by atoms with E-state index in [1.165, 1.54) is 18.4 Å². The van der Waals surface area contributed by atoms with E-state index < -0.39 is 21.0 Å². The minimum absolute atomic E-state index is 0.176. The van der Waals surface area contributed by atoms with E-state index in [1.54, 1.807) is 11.8 Å². The fraction of sp³-hybridized carbons (Fsp3) is 0.538. The van der Waals surface area contributed by atoms with Crippen molar-refractivity contribution in [2.24, 2.45) is 0 Å². The molecule has 0 aromatic carbocycles. The molecule has 0 N–H and O–H groups in total. The van der Waals surface area contributed by atoms with Crippen LogP contribution in [0.3, 0.4) is 0 Å². The highest BCUT2D eigenvalue weighted by Crippen LogP contribution is 2.20. The van der Waals surface area contributed by atoms with E-state index in [0.717, 1.165) is 11.9 Å². The van der Waals surface area contributed by atoms with Crippen molar-refractivity contribution in [3.05, 3.63) is 29.8 Å². The molecule has 1 atom stereocenters. The van der Waals surface area contributed by atoms with E-state index in [9.17, 15) is 17.6 Å². The molecule has 2 rings (SSSR count). The van der Waals surface area contributed by atoms with Crippen LogP contribution in [0.5, 0.6) is 0 Å². The summed E-state index contributed by atoms with van der Waals surface area (Å²) in [6.07, 6.45) is 2.40. The Balaban J connectivity index is 1.97. The van der Waals surface area contributed by atoms with Gasteiger partial charge in [0.2, 0.25) is 0 Å². The molecule has 8 heteroatoms. The van der Waals surface area contributed by atoms with Crippen LogP contribution in [0.15, 0.2) is 18.3 Å². The Morgan fingerprint density at radius 1 is 1.52 bits per heavy atom. The van der Waals surface area contributed by atoms with Crippen molar-refractivity contribution < 1.29 is 17.6 Å². The van der Waals surface area contributed by atoms with Crippen molar-refractivity contribution in [3.8, 4) is 0 Å². The highest BCUT2D eigenvalue weighted by atomic mass is 32.2. The molecule has 5 nitrogen and oxygen atoms in total. The molecule has 0 saturated carbocycles. The minimum Gasteiger partial charge on any atom is -0.292 e. The van der Waals surface area contributed by atoms with Crippen molar-refractivity contribution in [2.75, 3.05) is 30.9 Å². The second kappa shape index (κ2) is 6.85. The summed E-state index contributed by atoms with van der Waals surface area (Å²) in [5.41, 5.74) is 0.207. The van der Waals surface area contributed by atoms with Crippen LogP contribution < -0.4 is 0 Å². The third kappa shape index (κ3) is 4.49. The summed E-state index contributed by atoms with van der Waals surface area (Å²) in [6, 6.07) is 2.54. The van der Waals surface area contributed by atoms with Crippen LogP contribution in [-0.2, 0) is 9.84 Å². The number of Topliss-reactive ketones (excluding diaryl/α,β-unsaturated/α-hetero) is 1. The van der Waals surface area contributed by atoms with Crippen molar-refractivity contribution in [3.63, 3.8) is 0 Å². The zero-order valence-electron chi connectivity index (χ0n) is 11.7. The fourth-order valence-electron chi connectivity index (χ4n) is 2.18. The lowest BCUT2D eigenvalue weighted by molar-refractivity contribution is 0.0958. The van der Waals surface area contributed by atoms with Crippen LogP contribution in [0, 0.1) is 5.82 Å². The third-order valence-corrected chi connectivity index (χ3v) is 6.01. The van der Waals surface area contributed by atoms with Gasteiger partial charge in [-0.1, -0.05) is 0 Å². The van der Waals surface area contributed by atoms with E-state index in [1.807, 2.05) is 4.90 Å². The van der Waals surface area contributed by atoms with Gasteiger partial charge in [0.1, 0.15) is 16.9 Å². The van der Waals surface area contributed by atoms with Crippen LogP contribution in [0.2, 0.25) is 0 Å². The number of rotatable bonds is 5. The number of halogens is 1. The van der Waals surface area contributed by atoms with Gasteiger partial charge in [0.05, 0.1) is 6.20 Å². The highest BCUT2D eigenvalue weighted by molar-refractivity contribution is 8.00. The average Bonchev–Trinajstić information content (AvgIpc) is 2.45. The Labute approximate surface area is 127 Å². The predicted octanol–water partition coefficient (Wildman–Crippen LogP) is 1.21. The van der Waals surface area contributed by atoms with E-state index in [2.05, 4.69) is 4.98 Å². The number of sulfone groups is 1. The zero-order valence-corrected chi connectivity index (χ0v) is 13.3. The van der Waals surface area contributed by atoms with Gasteiger partial charge < -0.3 is 0 Å². The summed E-state index contributed by atoms with van der Waals surface area (Å²) >= 11 is 1.61. The molecule has 116 valence electrons. The molecule has 1 unspecified atom stereocenters. The third-order valence-electron chi connectivity index (χ3n) is 3.32. The van der Waals surface area contributed by atoms with Crippen LogP contribution in [-0.4, -0.2) is 60.3 Å². The van der Waals surface area contributed by atoms with E-state index in [4.69, 9.17) is 0 Å². The van der Waals surface area contributed by atoms with Gasteiger partial charge in [-0.05, 0) is 12.1 Å². The highest BCUT2D eigenvalue weighted by Gasteiger charge is 2.30. The van der Waals surface area contributed by atoms with Gasteiger partial charge in [-0.2, -0.15) is 11.8 Å². The normalized spacial score (nSPS) is 20.4. The quantitative estimate of drug-likeness (QED) is 0.755. The molecule has 0 radical (unpaired) electrons. The van der Waals surface area contributed by atoms with Gasteiger partial charge in [-0.15, -0.1) is 0 Å². The van der Waals surface area contributed by atoms with Crippen molar-refractivity contribution in [1.82, 2.24) is 9.88 Å². The number of pyridine rings is 1. The molecule has 1 aliphatic heterocycles. The molecule has 1 aliphatic rings. The smallest absolute Gasteiger partial charge is 0.182 e. The van der Waals surface area contributed by atoms with Crippen LogP contribution in [0.25, 0.3) is 0 Å². The molecule has 0 amide bonds. The molecule has 21 heavy (non-hydrogen) atoms. The molecule has 1 aromatic rings. The number of carbonyl (C=O) groups excluding carboxylic acids is 1. The summed E-state index contributed by atoms with van der Waals surface area (Å²) in [7, 11) is -3.16. The molecule has 1 aromatic heterocycles. The zero-order chi connectivity index (χ0) is 15.5. The van der Waals surface area contributed by atoms with Crippen molar-refractivity contribution >= 4 is 27.4 Å². The summed E-state index contributed by atoms with van der Waals surface area (Å²) in [4.78, 5) is 17.6. The molecule has 0 spiro atoms. The van der Waals surface area contributed by atoms with Gasteiger partial charge in [0, 0.05) is 37.3 Å². The van der Waals surface area contributed by atoms with Crippen molar-refractivity contribution in [2.45, 2.75) is 11.8 Å². The molecule has 0 aliphatic carbocycles. The summed E-state index contributed by atoms with van der Waals surface area (Å²) in [5, 5.41) is -0.537. The number of carbonyl (C=O) groups is 1. The molecular weight excluding hydrogens is 315 g/mol.